The predicted octanol–water partition coefficient (Wildman–Crippen LogP) is 0.678. The average molecular weight is 368 g/mol. The Morgan fingerprint density at radius 1 is 1.39 bits per heavy atom. The number of nitrogens with zero attached hydrogens (tertiary/aromatic N) is 2. The van der Waals surface area contributed by atoms with Gasteiger partial charge in [0.05, 0.1) is 19.8 Å². The normalized spacial score (nSPS) is 16.8. The standard InChI is InChI=1S/C12H24N4O.HI/c1-3-5-14-12(13-4-2)15-6-7-16-8-10-17-11-9-16;/h3H,1,4-11H2,2H3,(H2,13,14,15);1H. The molecule has 0 atom stereocenters. The van der Waals surface area contributed by atoms with Gasteiger partial charge >= 0.3 is 0 Å². The Bertz CT molecular complexity index is 242. The summed E-state index contributed by atoms with van der Waals surface area (Å²) in [6, 6.07) is 0. The van der Waals surface area contributed by atoms with Gasteiger partial charge in [-0.15, -0.1) is 30.6 Å². The molecule has 0 bridgehead atoms. The van der Waals surface area contributed by atoms with E-state index >= 15 is 0 Å². The Hall–Kier alpha value is -0.340. The Morgan fingerprint density at radius 3 is 2.72 bits per heavy atom. The minimum atomic E-state index is 0. The third kappa shape index (κ3) is 7.88. The number of morpholine rings is 1. The lowest BCUT2D eigenvalue weighted by Crippen LogP contribution is -2.40. The van der Waals surface area contributed by atoms with Crippen LogP contribution in [0.15, 0.2) is 17.6 Å². The van der Waals surface area contributed by atoms with Gasteiger partial charge in [-0.1, -0.05) is 6.08 Å². The van der Waals surface area contributed by atoms with E-state index in [9.17, 15) is 0 Å². The largest absolute Gasteiger partial charge is 0.379 e. The molecule has 1 saturated heterocycles. The maximum atomic E-state index is 5.31. The highest BCUT2D eigenvalue weighted by Gasteiger charge is 2.08. The van der Waals surface area contributed by atoms with Crippen LogP contribution in [0, 0.1) is 0 Å². The Kier molecular flexibility index (Phi) is 11.5. The fourth-order valence-corrected chi connectivity index (χ4v) is 1.64. The first kappa shape index (κ1) is 17.7. The second-order valence-corrected chi connectivity index (χ2v) is 3.88. The first-order chi connectivity index (χ1) is 8.36. The van der Waals surface area contributed by atoms with Crippen molar-refractivity contribution in [3.63, 3.8) is 0 Å². The summed E-state index contributed by atoms with van der Waals surface area (Å²) in [5.41, 5.74) is 0. The number of hydrogen-bond donors (Lipinski definition) is 2. The summed E-state index contributed by atoms with van der Waals surface area (Å²) in [6.45, 7) is 12.9. The molecule has 0 aromatic heterocycles. The van der Waals surface area contributed by atoms with Gasteiger partial charge in [-0.05, 0) is 6.92 Å². The number of aliphatic imine (C=N–C) groups is 1. The second kappa shape index (κ2) is 11.7. The Labute approximate surface area is 127 Å². The number of ether oxygens (including phenoxy) is 1. The van der Waals surface area contributed by atoms with Crippen molar-refractivity contribution < 1.29 is 4.74 Å². The fraction of sp³-hybridized carbons (Fsp3) is 0.750. The first-order valence-corrected chi connectivity index (χ1v) is 6.30. The van der Waals surface area contributed by atoms with E-state index in [1.165, 1.54) is 0 Å². The summed E-state index contributed by atoms with van der Waals surface area (Å²) in [4.78, 5) is 6.89. The third-order valence-corrected chi connectivity index (χ3v) is 2.55. The predicted molar refractivity (Wildman–Crippen MR) is 86.9 cm³/mol. The summed E-state index contributed by atoms with van der Waals surface area (Å²) < 4.78 is 5.31. The summed E-state index contributed by atoms with van der Waals surface area (Å²) in [7, 11) is 0. The molecule has 0 aromatic carbocycles. The molecule has 18 heavy (non-hydrogen) atoms. The van der Waals surface area contributed by atoms with Crippen molar-refractivity contribution in [3.05, 3.63) is 12.7 Å². The molecule has 0 aromatic rings. The van der Waals surface area contributed by atoms with Gasteiger partial charge in [0.15, 0.2) is 5.96 Å². The Morgan fingerprint density at radius 2 is 2.11 bits per heavy atom. The number of nitrogens with one attached hydrogen (secondary N) is 2. The molecule has 0 amide bonds. The number of hydrogen-bond acceptors (Lipinski definition) is 3. The van der Waals surface area contributed by atoms with E-state index in [0.29, 0.717) is 0 Å². The molecule has 5 nitrogen and oxygen atoms in total. The van der Waals surface area contributed by atoms with Crippen LogP contribution in [-0.2, 0) is 4.74 Å². The second-order valence-electron chi connectivity index (χ2n) is 3.88. The average Bonchev–Trinajstić information content (AvgIpc) is 2.37. The van der Waals surface area contributed by atoms with Crippen molar-refractivity contribution in [2.75, 3.05) is 52.5 Å². The van der Waals surface area contributed by atoms with Crippen LogP contribution in [0.1, 0.15) is 6.92 Å². The lowest BCUT2D eigenvalue weighted by molar-refractivity contribution is 0.0394. The zero-order valence-corrected chi connectivity index (χ0v) is 13.5. The summed E-state index contributed by atoms with van der Waals surface area (Å²) >= 11 is 0. The molecule has 0 saturated carbocycles. The maximum Gasteiger partial charge on any atom is 0.191 e. The SMILES string of the molecule is C=CCNC(=NCCN1CCOCC1)NCC.I. The Balaban J connectivity index is 0.00000289. The zero-order chi connectivity index (χ0) is 12.3. The van der Waals surface area contributed by atoms with Crippen molar-refractivity contribution in [2.45, 2.75) is 6.92 Å². The van der Waals surface area contributed by atoms with E-state index in [4.69, 9.17) is 4.74 Å². The van der Waals surface area contributed by atoms with E-state index < -0.39 is 0 Å². The molecule has 1 fully saturated rings. The molecular weight excluding hydrogens is 343 g/mol. The fourth-order valence-electron chi connectivity index (χ4n) is 1.64. The van der Waals surface area contributed by atoms with Crippen molar-refractivity contribution in [1.82, 2.24) is 15.5 Å². The van der Waals surface area contributed by atoms with Crippen LogP contribution in [-0.4, -0.2) is 63.3 Å². The topological polar surface area (TPSA) is 48.9 Å². The van der Waals surface area contributed by atoms with Gasteiger partial charge in [-0.2, -0.15) is 0 Å². The molecule has 0 spiro atoms. The molecule has 1 heterocycles. The highest BCUT2D eigenvalue weighted by atomic mass is 127. The van der Waals surface area contributed by atoms with Gasteiger partial charge in [0.2, 0.25) is 0 Å². The quantitative estimate of drug-likeness (QED) is 0.313. The minimum Gasteiger partial charge on any atom is -0.379 e. The third-order valence-electron chi connectivity index (χ3n) is 2.55. The number of rotatable bonds is 6. The van der Waals surface area contributed by atoms with Crippen molar-refractivity contribution in [3.8, 4) is 0 Å². The van der Waals surface area contributed by atoms with Crippen LogP contribution in [0.4, 0.5) is 0 Å². The summed E-state index contributed by atoms with van der Waals surface area (Å²) in [5.74, 6) is 0.862. The molecule has 0 radical (unpaired) electrons. The smallest absolute Gasteiger partial charge is 0.191 e. The molecule has 6 heteroatoms. The van der Waals surface area contributed by atoms with Crippen molar-refractivity contribution in [2.24, 2.45) is 4.99 Å². The van der Waals surface area contributed by atoms with E-state index in [-0.39, 0.29) is 24.0 Å². The van der Waals surface area contributed by atoms with E-state index in [1.54, 1.807) is 0 Å². The molecule has 1 rings (SSSR count). The van der Waals surface area contributed by atoms with Crippen LogP contribution in [0.3, 0.4) is 0 Å². The van der Waals surface area contributed by atoms with Gasteiger partial charge in [0, 0.05) is 32.7 Å². The van der Waals surface area contributed by atoms with Crippen LogP contribution in [0.5, 0.6) is 0 Å². The van der Waals surface area contributed by atoms with Gasteiger partial charge in [0.1, 0.15) is 0 Å². The molecule has 1 aliphatic heterocycles. The summed E-state index contributed by atoms with van der Waals surface area (Å²) in [6.07, 6.45) is 1.83. The first-order valence-electron chi connectivity index (χ1n) is 6.30. The lowest BCUT2D eigenvalue weighted by atomic mass is 10.4. The molecule has 0 aliphatic carbocycles. The highest BCUT2D eigenvalue weighted by molar-refractivity contribution is 14.0. The van der Waals surface area contributed by atoms with Crippen LogP contribution >= 0.6 is 24.0 Å². The van der Waals surface area contributed by atoms with Gasteiger partial charge in [0.25, 0.3) is 0 Å². The monoisotopic (exact) mass is 368 g/mol. The van der Waals surface area contributed by atoms with Crippen molar-refractivity contribution in [1.29, 1.82) is 0 Å². The van der Waals surface area contributed by atoms with Crippen LogP contribution in [0.2, 0.25) is 0 Å². The number of halogens is 1. The molecule has 0 unspecified atom stereocenters. The van der Waals surface area contributed by atoms with Gasteiger partial charge < -0.3 is 15.4 Å². The molecule has 2 N–H and O–H groups in total. The van der Waals surface area contributed by atoms with Crippen LogP contribution < -0.4 is 10.6 Å². The van der Waals surface area contributed by atoms with E-state index in [1.807, 2.05) is 6.08 Å². The maximum absolute atomic E-state index is 5.31. The van der Waals surface area contributed by atoms with E-state index in [2.05, 4.69) is 34.0 Å². The van der Waals surface area contributed by atoms with Crippen LogP contribution in [0.25, 0.3) is 0 Å². The molecule has 1 aliphatic rings. The number of guanidine groups is 1. The molecular formula is C12H25IN4O. The summed E-state index contributed by atoms with van der Waals surface area (Å²) in [5, 5.41) is 6.39. The zero-order valence-electron chi connectivity index (χ0n) is 11.2. The van der Waals surface area contributed by atoms with Crippen molar-refractivity contribution >= 4 is 29.9 Å². The van der Waals surface area contributed by atoms with Gasteiger partial charge in [-0.25, -0.2) is 0 Å². The van der Waals surface area contributed by atoms with E-state index in [0.717, 1.165) is 58.4 Å². The minimum absolute atomic E-state index is 0. The molecule has 106 valence electrons. The lowest BCUT2D eigenvalue weighted by Gasteiger charge is -2.25. The highest BCUT2D eigenvalue weighted by Crippen LogP contribution is 1.95. The van der Waals surface area contributed by atoms with Gasteiger partial charge in [-0.3, -0.25) is 9.89 Å².